The lowest BCUT2D eigenvalue weighted by Gasteiger charge is -2.14. The van der Waals surface area contributed by atoms with Crippen LogP contribution in [0.15, 0.2) is 54.6 Å². The molecule has 0 heterocycles. The third-order valence-corrected chi connectivity index (χ3v) is 2.86. The second-order valence-corrected chi connectivity index (χ2v) is 4.03. The van der Waals surface area contributed by atoms with Crippen molar-refractivity contribution in [3.05, 3.63) is 65.7 Å². The number of benzene rings is 2. The fourth-order valence-electron chi connectivity index (χ4n) is 1.93. The lowest BCUT2D eigenvalue weighted by atomic mass is 9.99. The molecule has 0 aliphatic heterocycles. The number of hydrogen-bond donors (Lipinski definition) is 1. The summed E-state index contributed by atoms with van der Waals surface area (Å²) >= 11 is 0. The molecule has 17 heavy (non-hydrogen) atoms. The molecule has 2 nitrogen and oxygen atoms in total. The number of methoxy groups -OCH3 is 1. The van der Waals surface area contributed by atoms with E-state index < -0.39 is 0 Å². The molecule has 0 fully saturated rings. The molecule has 0 unspecified atom stereocenters. The molecule has 0 aliphatic carbocycles. The van der Waals surface area contributed by atoms with E-state index in [0.29, 0.717) is 0 Å². The second kappa shape index (κ2) is 5.51. The largest absolute Gasteiger partial charge is 0.496 e. The maximum absolute atomic E-state index is 6.20. The van der Waals surface area contributed by atoms with Crippen molar-refractivity contribution in [3.8, 4) is 5.75 Å². The summed E-state index contributed by atoms with van der Waals surface area (Å²) in [5, 5.41) is 0. The van der Waals surface area contributed by atoms with E-state index in [1.54, 1.807) is 7.11 Å². The molecule has 2 aromatic rings. The molecule has 0 saturated heterocycles. The maximum atomic E-state index is 6.20. The summed E-state index contributed by atoms with van der Waals surface area (Å²) in [4.78, 5) is 0. The number of rotatable bonds is 4. The van der Waals surface area contributed by atoms with Crippen molar-refractivity contribution in [1.82, 2.24) is 0 Å². The van der Waals surface area contributed by atoms with Gasteiger partial charge in [-0.1, -0.05) is 48.5 Å². The standard InChI is InChI=1S/C15H17NO/c1-17-15-10-6-5-9-13(15)11-14(16)12-7-3-2-4-8-12/h2-10,14H,11,16H2,1H3/t14-/m0/s1. The molecule has 1 atom stereocenters. The van der Waals surface area contributed by atoms with Crippen LogP contribution in [0.5, 0.6) is 5.75 Å². The van der Waals surface area contributed by atoms with Crippen molar-refractivity contribution in [2.45, 2.75) is 12.5 Å². The summed E-state index contributed by atoms with van der Waals surface area (Å²) in [7, 11) is 1.69. The molecule has 88 valence electrons. The minimum atomic E-state index is 0.00694. The van der Waals surface area contributed by atoms with Gasteiger partial charge in [-0.3, -0.25) is 0 Å². The van der Waals surface area contributed by atoms with Gasteiger partial charge in [0.2, 0.25) is 0 Å². The highest BCUT2D eigenvalue weighted by Crippen LogP contribution is 2.23. The highest BCUT2D eigenvalue weighted by Gasteiger charge is 2.09. The predicted octanol–water partition coefficient (Wildman–Crippen LogP) is 2.94. The van der Waals surface area contributed by atoms with Gasteiger partial charge in [0.1, 0.15) is 5.75 Å². The summed E-state index contributed by atoms with van der Waals surface area (Å²) in [5.74, 6) is 0.902. The summed E-state index contributed by atoms with van der Waals surface area (Å²) in [5.41, 5.74) is 8.49. The Balaban J connectivity index is 2.16. The molecule has 2 rings (SSSR count). The van der Waals surface area contributed by atoms with Crippen LogP contribution in [0.3, 0.4) is 0 Å². The Morgan fingerprint density at radius 2 is 1.65 bits per heavy atom. The van der Waals surface area contributed by atoms with Crippen molar-refractivity contribution in [2.24, 2.45) is 5.73 Å². The number of hydrogen-bond acceptors (Lipinski definition) is 2. The smallest absolute Gasteiger partial charge is 0.122 e. The zero-order valence-electron chi connectivity index (χ0n) is 9.97. The Labute approximate surface area is 102 Å². The lowest BCUT2D eigenvalue weighted by Crippen LogP contribution is -2.13. The molecule has 2 N–H and O–H groups in total. The minimum Gasteiger partial charge on any atom is -0.496 e. The van der Waals surface area contributed by atoms with Crippen molar-refractivity contribution in [3.63, 3.8) is 0 Å². The zero-order chi connectivity index (χ0) is 12.1. The Kier molecular flexibility index (Phi) is 3.78. The molecule has 2 heteroatoms. The van der Waals surface area contributed by atoms with E-state index in [2.05, 4.69) is 18.2 Å². The van der Waals surface area contributed by atoms with Gasteiger partial charge < -0.3 is 10.5 Å². The van der Waals surface area contributed by atoms with Crippen LogP contribution < -0.4 is 10.5 Å². The van der Waals surface area contributed by atoms with Crippen LogP contribution in [-0.4, -0.2) is 7.11 Å². The SMILES string of the molecule is COc1ccccc1C[C@H](N)c1ccccc1. The van der Waals surface area contributed by atoms with Gasteiger partial charge >= 0.3 is 0 Å². The molecule has 0 aliphatic rings. The molecular weight excluding hydrogens is 210 g/mol. The molecule has 0 bridgehead atoms. The van der Waals surface area contributed by atoms with E-state index in [1.165, 1.54) is 0 Å². The van der Waals surface area contributed by atoms with E-state index in [1.807, 2.05) is 36.4 Å². The minimum absolute atomic E-state index is 0.00694. The van der Waals surface area contributed by atoms with Gasteiger partial charge in [0.05, 0.1) is 7.11 Å². The van der Waals surface area contributed by atoms with Gasteiger partial charge in [-0.05, 0) is 23.6 Å². The number of ether oxygens (including phenoxy) is 1. The number of nitrogens with two attached hydrogens (primary N) is 1. The highest BCUT2D eigenvalue weighted by molar-refractivity contribution is 5.35. The van der Waals surface area contributed by atoms with E-state index in [4.69, 9.17) is 10.5 Å². The topological polar surface area (TPSA) is 35.2 Å². The molecule has 2 aromatic carbocycles. The first kappa shape index (κ1) is 11.7. The Morgan fingerprint density at radius 1 is 1.00 bits per heavy atom. The van der Waals surface area contributed by atoms with Gasteiger partial charge in [-0.2, -0.15) is 0 Å². The maximum Gasteiger partial charge on any atom is 0.122 e. The van der Waals surface area contributed by atoms with Crippen LogP contribution in [0.25, 0.3) is 0 Å². The first-order chi connectivity index (χ1) is 8.31. The monoisotopic (exact) mass is 227 g/mol. The van der Waals surface area contributed by atoms with Gasteiger partial charge in [0.15, 0.2) is 0 Å². The molecule has 0 saturated carbocycles. The van der Waals surface area contributed by atoms with Crippen molar-refractivity contribution >= 4 is 0 Å². The molecule has 0 aromatic heterocycles. The van der Waals surface area contributed by atoms with Crippen LogP contribution in [0.4, 0.5) is 0 Å². The van der Waals surface area contributed by atoms with E-state index >= 15 is 0 Å². The van der Waals surface area contributed by atoms with E-state index in [9.17, 15) is 0 Å². The van der Waals surface area contributed by atoms with E-state index in [-0.39, 0.29) is 6.04 Å². The third-order valence-electron chi connectivity index (χ3n) is 2.86. The summed E-state index contributed by atoms with van der Waals surface area (Å²) in [6, 6.07) is 18.1. The summed E-state index contributed by atoms with van der Waals surface area (Å²) in [6.45, 7) is 0. The quantitative estimate of drug-likeness (QED) is 0.871. The Morgan fingerprint density at radius 3 is 2.35 bits per heavy atom. The van der Waals surface area contributed by atoms with Crippen molar-refractivity contribution < 1.29 is 4.74 Å². The molecule has 0 spiro atoms. The van der Waals surface area contributed by atoms with Gasteiger partial charge in [0, 0.05) is 6.04 Å². The lowest BCUT2D eigenvalue weighted by molar-refractivity contribution is 0.408. The van der Waals surface area contributed by atoms with Gasteiger partial charge in [-0.15, -0.1) is 0 Å². The third kappa shape index (κ3) is 2.86. The van der Waals surface area contributed by atoms with Gasteiger partial charge in [-0.25, -0.2) is 0 Å². The van der Waals surface area contributed by atoms with Crippen LogP contribution in [0.2, 0.25) is 0 Å². The molecular formula is C15H17NO. The Bertz CT molecular complexity index is 467. The summed E-state index contributed by atoms with van der Waals surface area (Å²) < 4.78 is 5.33. The number of para-hydroxylation sites is 1. The normalized spacial score (nSPS) is 12.1. The highest BCUT2D eigenvalue weighted by atomic mass is 16.5. The first-order valence-electron chi connectivity index (χ1n) is 5.73. The van der Waals surface area contributed by atoms with Crippen LogP contribution in [0, 0.1) is 0 Å². The molecule has 0 amide bonds. The first-order valence-corrected chi connectivity index (χ1v) is 5.73. The van der Waals surface area contributed by atoms with Crippen LogP contribution >= 0.6 is 0 Å². The Hall–Kier alpha value is -1.80. The molecule has 0 radical (unpaired) electrons. The fraction of sp³-hybridized carbons (Fsp3) is 0.200. The fourth-order valence-corrected chi connectivity index (χ4v) is 1.93. The summed E-state index contributed by atoms with van der Waals surface area (Å²) in [6.07, 6.45) is 0.786. The average Bonchev–Trinajstić information content (AvgIpc) is 2.40. The average molecular weight is 227 g/mol. The second-order valence-electron chi connectivity index (χ2n) is 4.03. The van der Waals surface area contributed by atoms with Crippen LogP contribution in [-0.2, 0) is 6.42 Å². The van der Waals surface area contributed by atoms with Crippen LogP contribution in [0.1, 0.15) is 17.2 Å². The van der Waals surface area contributed by atoms with Crippen molar-refractivity contribution in [1.29, 1.82) is 0 Å². The van der Waals surface area contributed by atoms with E-state index in [0.717, 1.165) is 23.3 Å². The van der Waals surface area contributed by atoms with Gasteiger partial charge in [0.25, 0.3) is 0 Å². The van der Waals surface area contributed by atoms with Crippen molar-refractivity contribution in [2.75, 3.05) is 7.11 Å². The predicted molar refractivity (Wildman–Crippen MR) is 70.1 cm³/mol. The zero-order valence-corrected chi connectivity index (χ0v) is 9.97.